The van der Waals surface area contributed by atoms with Gasteiger partial charge in [0.25, 0.3) is 0 Å². The van der Waals surface area contributed by atoms with E-state index in [-0.39, 0.29) is 0 Å². The molecule has 0 radical (unpaired) electrons. The maximum Gasteiger partial charge on any atom is 0.0639 e. The highest BCUT2D eigenvalue weighted by Gasteiger charge is 2.05. The minimum absolute atomic E-state index is 0.938. The molecule has 0 N–H and O–H groups in total. The van der Waals surface area contributed by atoms with Gasteiger partial charge in [0.15, 0.2) is 0 Å². The molecule has 0 spiro atoms. The van der Waals surface area contributed by atoms with Crippen LogP contribution in [-0.2, 0) is 19.3 Å². The molecule has 0 unspecified atom stereocenters. The number of rotatable bonds is 17. The molecular weight excluding hydrogens is 472 g/mol. The van der Waals surface area contributed by atoms with Crippen molar-refractivity contribution in [2.45, 2.75) is 111 Å². The normalized spacial score (nSPS) is 11.9. The molecular formula is C37H50N2. The monoisotopic (exact) mass is 522 g/mol. The summed E-state index contributed by atoms with van der Waals surface area (Å²) < 4.78 is 0. The minimum atomic E-state index is 0.938. The number of hydrogen-bond acceptors (Lipinski definition) is 2. The zero-order valence-electron chi connectivity index (χ0n) is 25.0. The highest BCUT2D eigenvalue weighted by atomic mass is 14.8. The first-order valence-corrected chi connectivity index (χ1v) is 15.5. The van der Waals surface area contributed by atoms with E-state index in [1.165, 1.54) is 92.0 Å². The van der Waals surface area contributed by atoms with E-state index < -0.39 is 0 Å². The lowest BCUT2D eigenvalue weighted by Gasteiger charge is -2.09. The molecule has 0 heterocycles. The Labute approximate surface area is 238 Å². The fourth-order valence-corrected chi connectivity index (χ4v) is 5.06. The third kappa shape index (κ3) is 11.3. The molecule has 0 amide bonds. The Morgan fingerprint density at radius 3 is 1.79 bits per heavy atom. The van der Waals surface area contributed by atoms with Crippen molar-refractivity contribution in [1.82, 2.24) is 0 Å². The first-order chi connectivity index (χ1) is 19.1. The molecule has 0 aliphatic rings. The van der Waals surface area contributed by atoms with Crippen LogP contribution in [0.1, 0.15) is 109 Å². The lowest BCUT2D eigenvalue weighted by molar-refractivity contribution is 0.607. The first kappa shape index (κ1) is 30.5. The summed E-state index contributed by atoms with van der Waals surface area (Å²) in [6, 6.07) is 24.3. The highest BCUT2D eigenvalue weighted by molar-refractivity contribution is 6.30. The second-order valence-electron chi connectivity index (χ2n) is 11.0. The van der Waals surface area contributed by atoms with Crippen LogP contribution in [-0.4, -0.2) is 11.9 Å². The van der Waals surface area contributed by atoms with E-state index in [0.717, 1.165) is 36.3 Å². The molecule has 0 bridgehead atoms. The first-order valence-electron chi connectivity index (χ1n) is 15.5. The molecule has 39 heavy (non-hydrogen) atoms. The van der Waals surface area contributed by atoms with Crippen molar-refractivity contribution < 1.29 is 0 Å². The summed E-state index contributed by atoms with van der Waals surface area (Å²) in [5.74, 6) is 0. The van der Waals surface area contributed by atoms with Crippen LogP contribution < -0.4 is 0 Å². The van der Waals surface area contributed by atoms with Gasteiger partial charge in [-0.05, 0) is 97.5 Å². The van der Waals surface area contributed by atoms with Gasteiger partial charge in [0.2, 0.25) is 0 Å². The van der Waals surface area contributed by atoms with Crippen LogP contribution in [0.3, 0.4) is 0 Å². The standard InChI is InChI=1S/C37H50N2/c1-5-8-11-12-13-15-20-32-23-31(18-9-6-2)26-37(27-32)39-30(4)29-38-36-25-33(19-10-7-3)24-35(28-36)34-21-16-14-17-22-34/h14,16-17,21-29H,5-13,15,18-20H2,1-4H3. The summed E-state index contributed by atoms with van der Waals surface area (Å²) in [5, 5.41) is 0. The van der Waals surface area contributed by atoms with Gasteiger partial charge in [-0.2, -0.15) is 0 Å². The maximum atomic E-state index is 4.99. The second-order valence-corrected chi connectivity index (χ2v) is 11.0. The topological polar surface area (TPSA) is 24.7 Å². The average molecular weight is 523 g/mol. The lowest BCUT2D eigenvalue weighted by atomic mass is 9.99. The summed E-state index contributed by atoms with van der Waals surface area (Å²) in [4.78, 5) is 9.87. The van der Waals surface area contributed by atoms with Gasteiger partial charge < -0.3 is 0 Å². The Kier molecular flexibility index (Phi) is 13.8. The minimum Gasteiger partial charge on any atom is -0.255 e. The van der Waals surface area contributed by atoms with Gasteiger partial charge in [0.05, 0.1) is 17.1 Å². The van der Waals surface area contributed by atoms with Gasteiger partial charge in [0.1, 0.15) is 0 Å². The summed E-state index contributed by atoms with van der Waals surface area (Å²) in [6.07, 6.45) is 18.1. The molecule has 0 fully saturated rings. The van der Waals surface area contributed by atoms with Crippen molar-refractivity contribution in [3.63, 3.8) is 0 Å². The zero-order chi connectivity index (χ0) is 27.7. The Morgan fingerprint density at radius 2 is 1.13 bits per heavy atom. The predicted octanol–water partition coefficient (Wildman–Crippen LogP) is 11.4. The lowest BCUT2D eigenvalue weighted by Crippen LogP contribution is -1.94. The Morgan fingerprint density at radius 1 is 0.564 bits per heavy atom. The van der Waals surface area contributed by atoms with Crippen molar-refractivity contribution >= 4 is 23.3 Å². The third-order valence-electron chi connectivity index (χ3n) is 7.28. The molecule has 2 nitrogen and oxygen atoms in total. The second kappa shape index (κ2) is 17.6. The fourth-order valence-electron chi connectivity index (χ4n) is 5.06. The fraction of sp³-hybridized carbons (Fsp3) is 0.459. The van der Waals surface area contributed by atoms with Crippen molar-refractivity contribution in [2.24, 2.45) is 9.98 Å². The molecule has 3 rings (SSSR count). The van der Waals surface area contributed by atoms with Gasteiger partial charge in [-0.1, -0.05) is 108 Å². The van der Waals surface area contributed by atoms with Crippen LogP contribution in [0.5, 0.6) is 0 Å². The molecule has 0 aliphatic heterocycles. The van der Waals surface area contributed by atoms with Gasteiger partial charge in [0, 0.05) is 6.21 Å². The van der Waals surface area contributed by atoms with Crippen molar-refractivity contribution in [2.75, 3.05) is 0 Å². The summed E-state index contributed by atoms with van der Waals surface area (Å²) in [6.45, 7) is 8.86. The van der Waals surface area contributed by atoms with E-state index in [0.29, 0.717) is 0 Å². The van der Waals surface area contributed by atoms with Crippen LogP contribution in [0.25, 0.3) is 11.1 Å². The van der Waals surface area contributed by atoms with Gasteiger partial charge in [-0.25, -0.2) is 0 Å². The largest absolute Gasteiger partial charge is 0.255 e. The van der Waals surface area contributed by atoms with Crippen LogP contribution in [0.2, 0.25) is 0 Å². The van der Waals surface area contributed by atoms with E-state index >= 15 is 0 Å². The number of unbranched alkanes of at least 4 members (excludes halogenated alkanes) is 7. The molecule has 0 aromatic heterocycles. The van der Waals surface area contributed by atoms with Gasteiger partial charge >= 0.3 is 0 Å². The van der Waals surface area contributed by atoms with E-state index in [9.17, 15) is 0 Å². The SMILES string of the molecule is CCCCCCCCc1cc(CCCC)cc(N=C(C)C=Nc2cc(CCCC)cc(-c3ccccc3)c2)c1. The molecule has 3 aromatic carbocycles. The average Bonchev–Trinajstić information content (AvgIpc) is 2.96. The van der Waals surface area contributed by atoms with Crippen molar-refractivity contribution in [3.8, 4) is 11.1 Å². The summed E-state index contributed by atoms with van der Waals surface area (Å²) in [5.41, 5.74) is 9.66. The van der Waals surface area contributed by atoms with Crippen LogP contribution in [0, 0.1) is 0 Å². The molecule has 0 atom stereocenters. The van der Waals surface area contributed by atoms with Crippen LogP contribution >= 0.6 is 0 Å². The van der Waals surface area contributed by atoms with Gasteiger partial charge in [-0.15, -0.1) is 0 Å². The maximum absolute atomic E-state index is 4.99. The van der Waals surface area contributed by atoms with E-state index in [1.807, 2.05) is 6.21 Å². The zero-order valence-corrected chi connectivity index (χ0v) is 25.0. The number of aliphatic imine (C=N–C) groups is 2. The van der Waals surface area contributed by atoms with Crippen LogP contribution in [0.4, 0.5) is 11.4 Å². The van der Waals surface area contributed by atoms with E-state index in [1.54, 1.807) is 0 Å². The third-order valence-corrected chi connectivity index (χ3v) is 7.28. The highest BCUT2D eigenvalue weighted by Crippen LogP contribution is 2.27. The van der Waals surface area contributed by atoms with E-state index in [4.69, 9.17) is 9.98 Å². The Hall–Kier alpha value is -3.00. The number of benzene rings is 3. The summed E-state index contributed by atoms with van der Waals surface area (Å²) in [7, 11) is 0. The summed E-state index contributed by atoms with van der Waals surface area (Å²) >= 11 is 0. The number of hydrogen-bond donors (Lipinski definition) is 0. The molecule has 0 saturated heterocycles. The quantitative estimate of drug-likeness (QED) is 0.124. The Balaban J connectivity index is 1.78. The Bertz CT molecular complexity index is 1170. The van der Waals surface area contributed by atoms with E-state index in [2.05, 4.69) is 94.4 Å². The molecule has 208 valence electrons. The van der Waals surface area contributed by atoms with Crippen molar-refractivity contribution in [1.29, 1.82) is 0 Å². The predicted molar refractivity (Wildman–Crippen MR) is 174 cm³/mol. The van der Waals surface area contributed by atoms with Crippen LogP contribution in [0.15, 0.2) is 76.7 Å². The molecule has 0 saturated carbocycles. The number of aryl methyl sites for hydroxylation is 3. The molecule has 0 aliphatic carbocycles. The number of nitrogens with zero attached hydrogens (tertiary/aromatic N) is 2. The van der Waals surface area contributed by atoms with Gasteiger partial charge in [-0.3, -0.25) is 9.98 Å². The smallest absolute Gasteiger partial charge is 0.0639 e. The van der Waals surface area contributed by atoms with Crippen molar-refractivity contribution in [3.05, 3.63) is 83.4 Å². The molecule has 3 aromatic rings. The molecule has 2 heteroatoms.